The van der Waals surface area contributed by atoms with Crippen LogP contribution in [0.2, 0.25) is 0 Å². The van der Waals surface area contributed by atoms with Crippen molar-refractivity contribution >= 4 is 17.5 Å². The Morgan fingerprint density at radius 2 is 1.82 bits per heavy atom. The quantitative estimate of drug-likeness (QED) is 0.609. The van der Waals surface area contributed by atoms with Crippen LogP contribution in [0.4, 0.5) is 10.1 Å². The SMILES string of the molecule is COc1cccc(NC(=O)c2ccc(C)nc2C2CCN(C(=O)c3cccc(F)c3)CC2)c1. The van der Waals surface area contributed by atoms with Crippen LogP contribution in [0.25, 0.3) is 0 Å². The number of carbonyl (C=O) groups is 2. The molecule has 1 fully saturated rings. The molecule has 3 aromatic rings. The molecule has 0 unspecified atom stereocenters. The molecule has 7 heteroatoms. The lowest BCUT2D eigenvalue weighted by molar-refractivity contribution is 0.0710. The lowest BCUT2D eigenvalue weighted by atomic mass is 9.89. The summed E-state index contributed by atoms with van der Waals surface area (Å²) in [4.78, 5) is 32.3. The first-order chi connectivity index (χ1) is 15.9. The van der Waals surface area contributed by atoms with E-state index in [1.165, 1.54) is 12.1 Å². The van der Waals surface area contributed by atoms with Gasteiger partial charge in [-0.2, -0.15) is 0 Å². The Labute approximate surface area is 192 Å². The van der Waals surface area contributed by atoms with Gasteiger partial charge in [-0.25, -0.2) is 4.39 Å². The third-order valence-electron chi connectivity index (χ3n) is 5.88. The minimum Gasteiger partial charge on any atom is -0.497 e. The number of piperidine rings is 1. The highest BCUT2D eigenvalue weighted by atomic mass is 19.1. The van der Waals surface area contributed by atoms with Crippen LogP contribution in [-0.4, -0.2) is 41.9 Å². The van der Waals surface area contributed by atoms with Gasteiger partial charge < -0.3 is 15.0 Å². The highest BCUT2D eigenvalue weighted by Gasteiger charge is 2.28. The Morgan fingerprint density at radius 1 is 1.06 bits per heavy atom. The second-order valence-electron chi connectivity index (χ2n) is 8.15. The molecular formula is C26H26FN3O3. The number of nitrogens with one attached hydrogen (secondary N) is 1. The van der Waals surface area contributed by atoms with E-state index in [-0.39, 0.29) is 17.7 Å². The van der Waals surface area contributed by atoms with Gasteiger partial charge in [0, 0.05) is 42.0 Å². The lowest BCUT2D eigenvalue weighted by Crippen LogP contribution is -2.38. The Balaban J connectivity index is 1.49. The number of hydrogen-bond donors (Lipinski definition) is 1. The van der Waals surface area contributed by atoms with Crippen molar-refractivity contribution in [1.29, 1.82) is 0 Å². The predicted molar refractivity (Wildman–Crippen MR) is 124 cm³/mol. The van der Waals surface area contributed by atoms with Crippen LogP contribution < -0.4 is 10.1 Å². The smallest absolute Gasteiger partial charge is 0.257 e. The fourth-order valence-electron chi connectivity index (χ4n) is 4.14. The number of hydrogen-bond acceptors (Lipinski definition) is 4. The molecule has 0 saturated carbocycles. The summed E-state index contributed by atoms with van der Waals surface area (Å²) >= 11 is 0. The topological polar surface area (TPSA) is 71.5 Å². The van der Waals surface area contributed by atoms with Crippen molar-refractivity contribution in [3.8, 4) is 5.75 Å². The minimum absolute atomic E-state index is 0.0486. The molecule has 1 saturated heterocycles. The van der Waals surface area contributed by atoms with Crippen LogP contribution in [0.3, 0.4) is 0 Å². The van der Waals surface area contributed by atoms with E-state index >= 15 is 0 Å². The van der Waals surface area contributed by atoms with E-state index in [4.69, 9.17) is 9.72 Å². The van der Waals surface area contributed by atoms with Gasteiger partial charge in [-0.1, -0.05) is 12.1 Å². The first-order valence-electron chi connectivity index (χ1n) is 10.9. The van der Waals surface area contributed by atoms with Crippen molar-refractivity contribution in [2.45, 2.75) is 25.7 Å². The van der Waals surface area contributed by atoms with Crippen molar-refractivity contribution in [3.05, 3.63) is 89.0 Å². The standard InChI is InChI=1S/C26H26FN3O3/c1-17-9-10-23(25(31)29-21-7-4-8-22(16-21)33-2)24(28-17)18-11-13-30(14-12-18)26(32)19-5-3-6-20(27)15-19/h3-10,15-16,18H,11-14H2,1-2H3,(H,29,31). The highest BCUT2D eigenvalue weighted by Crippen LogP contribution is 2.31. The van der Waals surface area contributed by atoms with E-state index < -0.39 is 5.82 Å². The van der Waals surface area contributed by atoms with Gasteiger partial charge in [-0.3, -0.25) is 14.6 Å². The number of aromatic nitrogens is 1. The fraction of sp³-hybridized carbons (Fsp3) is 0.269. The molecule has 1 aliphatic rings. The van der Waals surface area contributed by atoms with Crippen molar-refractivity contribution in [1.82, 2.24) is 9.88 Å². The van der Waals surface area contributed by atoms with Crippen LogP contribution in [0.5, 0.6) is 5.75 Å². The Hall–Kier alpha value is -3.74. The third-order valence-corrected chi connectivity index (χ3v) is 5.88. The first kappa shape index (κ1) is 22.5. The highest BCUT2D eigenvalue weighted by molar-refractivity contribution is 6.05. The molecule has 2 heterocycles. The second kappa shape index (κ2) is 9.81. The van der Waals surface area contributed by atoms with Gasteiger partial charge >= 0.3 is 0 Å². The summed E-state index contributed by atoms with van der Waals surface area (Å²) in [5.74, 6) is -0.130. The van der Waals surface area contributed by atoms with E-state index in [1.54, 1.807) is 42.3 Å². The van der Waals surface area contributed by atoms with E-state index in [0.29, 0.717) is 48.5 Å². The molecule has 1 aliphatic heterocycles. The van der Waals surface area contributed by atoms with Gasteiger partial charge in [0.2, 0.25) is 0 Å². The number of likely N-dealkylation sites (tertiary alicyclic amines) is 1. The number of ether oxygens (including phenoxy) is 1. The first-order valence-corrected chi connectivity index (χ1v) is 10.9. The van der Waals surface area contributed by atoms with Crippen LogP contribution in [0, 0.1) is 12.7 Å². The molecule has 0 bridgehead atoms. The maximum Gasteiger partial charge on any atom is 0.257 e. The predicted octanol–water partition coefficient (Wildman–Crippen LogP) is 4.81. The van der Waals surface area contributed by atoms with E-state index in [9.17, 15) is 14.0 Å². The van der Waals surface area contributed by atoms with Crippen LogP contribution in [0.1, 0.15) is 50.9 Å². The Morgan fingerprint density at radius 3 is 2.55 bits per heavy atom. The van der Waals surface area contributed by atoms with Crippen LogP contribution in [0.15, 0.2) is 60.7 Å². The number of benzene rings is 2. The number of carbonyl (C=O) groups excluding carboxylic acids is 2. The van der Waals surface area contributed by atoms with Crippen molar-refractivity contribution in [2.75, 3.05) is 25.5 Å². The third kappa shape index (κ3) is 5.19. The molecule has 1 N–H and O–H groups in total. The van der Waals surface area contributed by atoms with Gasteiger partial charge in [0.25, 0.3) is 11.8 Å². The minimum atomic E-state index is -0.425. The summed E-state index contributed by atoms with van der Waals surface area (Å²) in [6.07, 6.45) is 1.36. The molecule has 1 aromatic heterocycles. The zero-order chi connectivity index (χ0) is 23.4. The Kier molecular flexibility index (Phi) is 6.68. The normalized spacial score (nSPS) is 14.1. The number of aryl methyl sites for hydroxylation is 1. The maximum atomic E-state index is 13.5. The molecule has 4 rings (SSSR count). The number of methoxy groups -OCH3 is 1. The van der Waals surface area contributed by atoms with Crippen molar-refractivity contribution in [2.24, 2.45) is 0 Å². The summed E-state index contributed by atoms with van der Waals surface area (Å²) in [6, 6.07) is 16.6. The number of rotatable bonds is 5. The molecule has 0 atom stereocenters. The summed E-state index contributed by atoms with van der Waals surface area (Å²) in [7, 11) is 1.58. The van der Waals surface area contributed by atoms with Gasteiger partial charge in [-0.15, -0.1) is 0 Å². The summed E-state index contributed by atoms with van der Waals surface area (Å²) in [5, 5.41) is 2.93. The number of amides is 2. The zero-order valence-electron chi connectivity index (χ0n) is 18.7. The van der Waals surface area contributed by atoms with E-state index in [1.807, 2.05) is 25.1 Å². The lowest BCUT2D eigenvalue weighted by Gasteiger charge is -2.32. The number of anilines is 1. The zero-order valence-corrected chi connectivity index (χ0v) is 18.7. The second-order valence-corrected chi connectivity index (χ2v) is 8.15. The molecule has 2 aromatic carbocycles. The summed E-state index contributed by atoms with van der Waals surface area (Å²) in [6.45, 7) is 2.94. The molecule has 0 radical (unpaired) electrons. The number of pyridine rings is 1. The van der Waals surface area contributed by atoms with Gasteiger partial charge in [-0.05, 0) is 62.2 Å². The monoisotopic (exact) mass is 447 g/mol. The molecule has 2 amide bonds. The molecule has 33 heavy (non-hydrogen) atoms. The van der Waals surface area contributed by atoms with E-state index in [2.05, 4.69) is 5.32 Å². The Bertz CT molecular complexity index is 1170. The summed E-state index contributed by atoms with van der Waals surface area (Å²) < 4.78 is 18.7. The molecule has 0 aliphatic carbocycles. The van der Waals surface area contributed by atoms with Crippen molar-refractivity contribution < 1.29 is 18.7 Å². The molecule has 6 nitrogen and oxygen atoms in total. The average Bonchev–Trinajstić information content (AvgIpc) is 2.83. The van der Waals surface area contributed by atoms with Crippen LogP contribution >= 0.6 is 0 Å². The van der Waals surface area contributed by atoms with E-state index in [0.717, 1.165) is 11.4 Å². The average molecular weight is 448 g/mol. The fourth-order valence-corrected chi connectivity index (χ4v) is 4.14. The number of nitrogens with zero attached hydrogens (tertiary/aromatic N) is 2. The number of halogens is 1. The van der Waals surface area contributed by atoms with Gasteiger partial charge in [0.1, 0.15) is 11.6 Å². The van der Waals surface area contributed by atoms with Gasteiger partial charge in [0.15, 0.2) is 0 Å². The van der Waals surface area contributed by atoms with Gasteiger partial charge in [0.05, 0.1) is 18.4 Å². The molecule has 0 spiro atoms. The molecule has 170 valence electrons. The largest absolute Gasteiger partial charge is 0.497 e. The summed E-state index contributed by atoms with van der Waals surface area (Å²) in [5.41, 5.74) is 3.09. The maximum absolute atomic E-state index is 13.5. The van der Waals surface area contributed by atoms with Crippen LogP contribution in [-0.2, 0) is 0 Å². The molecular weight excluding hydrogens is 421 g/mol. The van der Waals surface area contributed by atoms with Crippen molar-refractivity contribution in [3.63, 3.8) is 0 Å².